The summed E-state index contributed by atoms with van der Waals surface area (Å²) in [7, 11) is 2.71. The van der Waals surface area contributed by atoms with E-state index in [1.165, 1.54) is 20.3 Å². The molecule has 19 heavy (non-hydrogen) atoms. The van der Waals surface area contributed by atoms with E-state index in [4.69, 9.17) is 14.6 Å². The molecule has 0 fully saturated rings. The van der Waals surface area contributed by atoms with Crippen LogP contribution in [0.25, 0.3) is 0 Å². The predicted octanol–water partition coefficient (Wildman–Crippen LogP) is 1.04. The molecule has 1 aromatic carbocycles. The fourth-order valence-electron chi connectivity index (χ4n) is 1.28. The molecular formula is C10H12N2O7. The third-order valence-electron chi connectivity index (χ3n) is 2.08. The number of hydrogen-bond donors (Lipinski definition) is 2. The summed E-state index contributed by atoms with van der Waals surface area (Å²) in [5.74, 6) is -0.789. The summed E-state index contributed by atoms with van der Waals surface area (Å²) in [6.07, 6.45) is 0. The van der Waals surface area contributed by atoms with E-state index in [9.17, 15) is 14.9 Å². The van der Waals surface area contributed by atoms with Crippen molar-refractivity contribution >= 4 is 17.3 Å². The summed E-state index contributed by atoms with van der Waals surface area (Å²) >= 11 is 0. The summed E-state index contributed by atoms with van der Waals surface area (Å²) in [4.78, 5) is 25.1. The van der Waals surface area contributed by atoms with Crippen molar-refractivity contribution in [2.24, 2.45) is 0 Å². The fraction of sp³-hybridized carbons (Fsp3) is 0.300. The quantitative estimate of drug-likeness (QED) is 0.558. The minimum Gasteiger partial charge on any atom is -0.493 e. The van der Waals surface area contributed by atoms with Crippen LogP contribution in [-0.2, 0) is 9.63 Å². The Bertz CT molecular complexity index is 489. The topological polar surface area (TPSA) is 120 Å². The summed E-state index contributed by atoms with van der Waals surface area (Å²) in [6, 6.07) is 2.42. The third kappa shape index (κ3) is 3.71. The van der Waals surface area contributed by atoms with E-state index in [2.05, 4.69) is 10.3 Å². The van der Waals surface area contributed by atoms with Gasteiger partial charge in [-0.3, -0.25) is 20.4 Å². The maximum Gasteiger partial charge on any atom is 0.332 e. The first kappa shape index (κ1) is 14.5. The lowest BCUT2D eigenvalue weighted by atomic mass is 10.2. The Morgan fingerprint density at radius 1 is 1.37 bits per heavy atom. The van der Waals surface area contributed by atoms with Gasteiger partial charge in [0.2, 0.25) is 0 Å². The van der Waals surface area contributed by atoms with E-state index >= 15 is 0 Å². The number of carboxylic acids is 1. The lowest BCUT2D eigenvalue weighted by Crippen LogP contribution is -2.12. The molecule has 0 spiro atoms. The van der Waals surface area contributed by atoms with Crippen LogP contribution in [0.4, 0.5) is 11.4 Å². The molecule has 1 aromatic rings. The van der Waals surface area contributed by atoms with Crippen molar-refractivity contribution in [2.45, 2.75) is 0 Å². The van der Waals surface area contributed by atoms with Crippen LogP contribution < -0.4 is 15.0 Å². The molecule has 0 aliphatic rings. The summed E-state index contributed by atoms with van der Waals surface area (Å²) < 4.78 is 9.91. The minimum atomic E-state index is -1.21. The standard InChI is InChI=1S/C10H12N2O7/c1-17-8-3-6(11-19-5-10(13)14)7(12(15)16)4-9(8)18-2/h3-4,11H,5H2,1-2H3,(H,13,14). The van der Waals surface area contributed by atoms with Crippen LogP contribution in [0.5, 0.6) is 11.5 Å². The van der Waals surface area contributed by atoms with Crippen molar-refractivity contribution in [3.63, 3.8) is 0 Å². The van der Waals surface area contributed by atoms with Crippen molar-refractivity contribution in [1.82, 2.24) is 0 Å². The smallest absolute Gasteiger partial charge is 0.332 e. The van der Waals surface area contributed by atoms with Crippen molar-refractivity contribution in [2.75, 3.05) is 26.3 Å². The van der Waals surface area contributed by atoms with Crippen LogP contribution in [0.2, 0.25) is 0 Å². The van der Waals surface area contributed by atoms with Gasteiger partial charge in [0.05, 0.1) is 25.2 Å². The zero-order valence-corrected chi connectivity index (χ0v) is 10.2. The van der Waals surface area contributed by atoms with Gasteiger partial charge in [0.15, 0.2) is 18.1 Å². The number of ether oxygens (including phenoxy) is 2. The Kier molecular flexibility index (Phi) is 4.89. The molecule has 0 amide bonds. The van der Waals surface area contributed by atoms with Crippen LogP contribution in [-0.4, -0.2) is 36.8 Å². The van der Waals surface area contributed by atoms with Gasteiger partial charge in [0.25, 0.3) is 5.69 Å². The number of nitrogens with one attached hydrogen (secondary N) is 1. The van der Waals surface area contributed by atoms with Gasteiger partial charge >= 0.3 is 5.97 Å². The third-order valence-corrected chi connectivity index (χ3v) is 2.08. The van der Waals surface area contributed by atoms with Crippen LogP contribution in [0.3, 0.4) is 0 Å². The molecule has 2 N–H and O–H groups in total. The maximum absolute atomic E-state index is 10.9. The average molecular weight is 272 g/mol. The van der Waals surface area contributed by atoms with Gasteiger partial charge < -0.3 is 14.6 Å². The molecule has 0 saturated heterocycles. The highest BCUT2D eigenvalue weighted by Gasteiger charge is 2.19. The number of rotatable bonds is 7. The van der Waals surface area contributed by atoms with Crippen LogP contribution in [0, 0.1) is 10.1 Å². The normalized spacial score (nSPS) is 9.79. The molecule has 0 aromatic heterocycles. The predicted molar refractivity (Wildman–Crippen MR) is 63.4 cm³/mol. The van der Waals surface area contributed by atoms with E-state index in [-0.39, 0.29) is 22.9 Å². The molecule has 0 atom stereocenters. The van der Waals surface area contributed by atoms with Gasteiger partial charge in [-0.25, -0.2) is 4.79 Å². The van der Waals surface area contributed by atoms with E-state index in [0.717, 1.165) is 6.07 Å². The Morgan fingerprint density at radius 2 is 1.95 bits per heavy atom. The SMILES string of the molecule is COc1cc(NOCC(=O)O)c([N+](=O)[O-])cc1OC. The first-order valence-electron chi connectivity index (χ1n) is 4.99. The fourth-order valence-corrected chi connectivity index (χ4v) is 1.28. The molecule has 0 saturated carbocycles. The zero-order chi connectivity index (χ0) is 14.4. The second-order valence-corrected chi connectivity index (χ2v) is 3.27. The van der Waals surface area contributed by atoms with E-state index in [0.29, 0.717) is 0 Å². The Hall–Kier alpha value is -2.55. The van der Waals surface area contributed by atoms with Crippen molar-refractivity contribution in [3.05, 3.63) is 22.2 Å². The molecule has 0 bridgehead atoms. The Morgan fingerprint density at radius 3 is 2.42 bits per heavy atom. The van der Waals surface area contributed by atoms with Crippen LogP contribution in [0.1, 0.15) is 0 Å². The average Bonchev–Trinajstić information content (AvgIpc) is 2.37. The van der Waals surface area contributed by atoms with Crippen molar-refractivity contribution in [1.29, 1.82) is 0 Å². The van der Waals surface area contributed by atoms with E-state index < -0.39 is 17.5 Å². The summed E-state index contributed by atoms with van der Waals surface area (Å²) in [5, 5.41) is 19.3. The Labute approximate surface area is 107 Å². The number of anilines is 1. The lowest BCUT2D eigenvalue weighted by molar-refractivity contribution is -0.384. The summed E-state index contributed by atoms with van der Waals surface area (Å²) in [6.45, 7) is -0.647. The van der Waals surface area contributed by atoms with Gasteiger partial charge in [-0.1, -0.05) is 0 Å². The highest BCUT2D eigenvalue weighted by Crippen LogP contribution is 2.37. The lowest BCUT2D eigenvalue weighted by Gasteiger charge is -2.11. The van der Waals surface area contributed by atoms with Crippen molar-refractivity contribution in [3.8, 4) is 11.5 Å². The molecule has 0 radical (unpaired) electrons. The molecule has 104 valence electrons. The molecule has 9 nitrogen and oxygen atoms in total. The van der Waals surface area contributed by atoms with Gasteiger partial charge in [0, 0.05) is 6.07 Å². The number of carbonyl (C=O) groups is 1. The highest BCUT2D eigenvalue weighted by molar-refractivity contribution is 5.69. The Balaban J connectivity index is 3.05. The van der Waals surface area contributed by atoms with Crippen LogP contribution in [0.15, 0.2) is 12.1 Å². The van der Waals surface area contributed by atoms with Gasteiger partial charge in [0.1, 0.15) is 5.69 Å². The van der Waals surface area contributed by atoms with Gasteiger partial charge in [-0.05, 0) is 0 Å². The first-order chi connectivity index (χ1) is 8.99. The number of methoxy groups -OCH3 is 2. The molecule has 9 heteroatoms. The second kappa shape index (κ2) is 6.40. The molecule has 1 rings (SSSR count). The molecule has 0 unspecified atom stereocenters. The summed E-state index contributed by atoms with van der Waals surface area (Å²) in [5.41, 5.74) is 1.83. The maximum atomic E-state index is 10.9. The highest BCUT2D eigenvalue weighted by atomic mass is 16.7. The van der Waals surface area contributed by atoms with Crippen molar-refractivity contribution < 1.29 is 29.1 Å². The number of carboxylic acid groups (broad SMARTS) is 1. The van der Waals surface area contributed by atoms with Gasteiger partial charge in [-0.15, -0.1) is 0 Å². The zero-order valence-electron chi connectivity index (χ0n) is 10.2. The number of nitrogens with zero attached hydrogens (tertiary/aromatic N) is 1. The number of nitro benzene ring substituents is 1. The van der Waals surface area contributed by atoms with Crippen LogP contribution >= 0.6 is 0 Å². The molecule has 0 heterocycles. The van der Waals surface area contributed by atoms with Gasteiger partial charge in [-0.2, -0.15) is 0 Å². The number of benzene rings is 1. The molecule has 0 aliphatic heterocycles. The number of aliphatic carboxylic acids is 1. The van der Waals surface area contributed by atoms with E-state index in [1.807, 2.05) is 0 Å². The second-order valence-electron chi connectivity index (χ2n) is 3.27. The largest absolute Gasteiger partial charge is 0.493 e. The number of nitro groups is 1. The minimum absolute atomic E-state index is 0.0381. The molecular weight excluding hydrogens is 260 g/mol. The monoisotopic (exact) mass is 272 g/mol. The number of hydrogen-bond acceptors (Lipinski definition) is 7. The molecule has 0 aliphatic carbocycles. The van der Waals surface area contributed by atoms with E-state index in [1.54, 1.807) is 0 Å². The first-order valence-corrected chi connectivity index (χ1v) is 4.99.